The van der Waals surface area contributed by atoms with Gasteiger partial charge in [0, 0.05) is 13.1 Å². The molecule has 0 heterocycles. The van der Waals surface area contributed by atoms with Crippen LogP contribution in [0.4, 0.5) is 0 Å². The maximum absolute atomic E-state index is 3.43. The van der Waals surface area contributed by atoms with E-state index in [1.54, 1.807) is 0 Å². The normalized spacial score (nSPS) is 10.6. The van der Waals surface area contributed by atoms with Crippen molar-refractivity contribution >= 4 is 0 Å². The van der Waals surface area contributed by atoms with Crippen LogP contribution in [-0.4, -0.2) is 26.2 Å². The Balaban J connectivity index is 2.76. The SMILES string of the molecule is CCCCCNCCNCCCC. The molecule has 0 aromatic heterocycles. The third-order valence-corrected chi connectivity index (χ3v) is 2.14. The van der Waals surface area contributed by atoms with E-state index in [2.05, 4.69) is 24.5 Å². The van der Waals surface area contributed by atoms with E-state index in [1.165, 1.54) is 45.2 Å². The number of nitrogens with one attached hydrogen (secondary N) is 2. The van der Waals surface area contributed by atoms with Gasteiger partial charge in [-0.1, -0.05) is 33.1 Å². The zero-order valence-corrected chi connectivity index (χ0v) is 9.36. The van der Waals surface area contributed by atoms with Crippen LogP contribution in [-0.2, 0) is 0 Å². The van der Waals surface area contributed by atoms with E-state index in [0.29, 0.717) is 0 Å². The topological polar surface area (TPSA) is 24.1 Å². The second-order valence-electron chi connectivity index (χ2n) is 3.56. The van der Waals surface area contributed by atoms with Crippen LogP contribution in [0.1, 0.15) is 46.0 Å². The van der Waals surface area contributed by atoms with E-state index in [4.69, 9.17) is 0 Å². The summed E-state index contributed by atoms with van der Waals surface area (Å²) in [7, 11) is 0. The molecule has 2 heteroatoms. The summed E-state index contributed by atoms with van der Waals surface area (Å²) in [5, 5.41) is 6.85. The van der Waals surface area contributed by atoms with Gasteiger partial charge >= 0.3 is 0 Å². The fourth-order valence-corrected chi connectivity index (χ4v) is 1.23. The van der Waals surface area contributed by atoms with Gasteiger partial charge in [0.2, 0.25) is 0 Å². The molecule has 0 saturated carbocycles. The van der Waals surface area contributed by atoms with Crippen molar-refractivity contribution < 1.29 is 0 Å². The zero-order chi connectivity index (χ0) is 9.78. The fourth-order valence-electron chi connectivity index (χ4n) is 1.23. The largest absolute Gasteiger partial charge is 0.315 e. The van der Waals surface area contributed by atoms with Crippen molar-refractivity contribution in [3.8, 4) is 0 Å². The summed E-state index contributed by atoms with van der Waals surface area (Å²) in [6, 6.07) is 0. The van der Waals surface area contributed by atoms with Crippen LogP contribution in [0.3, 0.4) is 0 Å². The van der Waals surface area contributed by atoms with E-state index < -0.39 is 0 Å². The molecule has 0 amide bonds. The van der Waals surface area contributed by atoms with Crippen LogP contribution in [0.25, 0.3) is 0 Å². The first-order valence-corrected chi connectivity index (χ1v) is 5.83. The van der Waals surface area contributed by atoms with Crippen molar-refractivity contribution in [1.29, 1.82) is 0 Å². The lowest BCUT2D eigenvalue weighted by Gasteiger charge is -2.05. The summed E-state index contributed by atoms with van der Waals surface area (Å²) in [4.78, 5) is 0. The third-order valence-electron chi connectivity index (χ3n) is 2.14. The van der Waals surface area contributed by atoms with Gasteiger partial charge in [-0.2, -0.15) is 0 Å². The Bertz CT molecular complexity index is 74.2. The minimum Gasteiger partial charge on any atom is -0.315 e. The summed E-state index contributed by atoms with van der Waals surface area (Å²) >= 11 is 0. The molecule has 0 aliphatic carbocycles. The fraction of sp³-hybridized carbons (Fsp3) is 1.00. The average Bonchev–Trinajstić information content (AvgIpc) is 2.16. The highest BCUT2D eigenvalue weighted by molar-refractivity contribution is 4.52. The summed E-state index contributed by atoms with van der Waals surface area (Å²) < 4.78 is 0. The van der Waals surface area contributed by atoms with Gasteiger partial charge in [0.15, 0.2) is 0 Å². The standard InChI is InChI=1S/C11H26N2/c1-3-5-7-9-13-11-10-12-8-6-4-2/h12-13H,3-11H2,1-2H3. The van der Waals surface area contributed by atoms with Gasteiger partial charge in [-0.05, 0) is 25.9 Å². The third kappa shape index (κ3) is 11.9. The number of rotatable bonds is 10. The molecule has 2 N–H and O–H groups in total. The van der Waals surface area contributed by atoms with Gasteiger partial charge in [-0.25, -0.2) is 0 Å². The maximum atomic E-state index is 3.43. The zero-order valence-electron chi connectivity index (χ0n) is 9.36. The molecule has 0 bridgehead atoms. The van der Waals surface area contributed by atoms with Gasteiger partial charge in [-0.3, -0.25) is 0 Å². The van der Waals surface area contributed by atoms with E-state index in [9.17, 15) is 0 Å². The molecule has 0 aromatic rings. The first-order chi connectivity index (χ1) is 6.41. The Labute approximate surface area is 83.5 Å². The van der Waals surface area contributed by atoms with Crippen molar-refractivity contribution in [1.82, 2.24) is 10.6 Å². The molecule has 0 aromatic carbocycles. The predicted octanol–water partition coefficient (Wildman–Crippen LogP) is 2.16. The Morgan fingerprint density at radius 3 is 1.69 bits per heavy atom. The van der Waals surface area contributed by atoms with Crippen LogP contribution in [0, 0.1) is 0 Å². The van der Waals surface area contributed by atoms with Crippen molar-refractivity contribution in [2.24, 2.45) is 0 Å². The minimum absolute atomic E-state index is 1.12. The second-order valence-corrected chi connectivity index (χ2v) is 3.56. The smallest absolute Gasteiger partial charge is 0.00767 e. The van der Waals surface area contributed by atoms with Crippen LogP contribution >= 0.6 is 0 Å². The Kier molecular flexibility index (Phi) is 11.8. The molecule has 80 valence electrons. The molecule has 0 unspecified atom stereocenters. The first kappa shape index (κ1) is 12.9. The van der Waals surface area contributed by atoms with E-state index in [1.807, 2.05) is 0 Å². The van der Waals surface area contributed by atoms with Crippen molar-refractivity contribution in [2.45, 2.75) is 46.0 Å². The highest BCUT2D eigenvalue weighted by atomic mass is 14.9. The molecule has 2 nitrogen and oxygen atoms in total. The van der Waals surface area contributed by atoms with Crippen molar-refractivity contribution in [3.63, 3.8) is 0 Å². The number of hydrogen-bond acceptors (Lipinski definition) is 2. The lowest BCUT2D eigenvalue weighted by atomic mass is 10.2. The molecule has 0 fully saturated rings. The predicted molar refractivity (Wildman–Crippen MR) is 60.2 cm³/mol. The highest BCUT2D eigenvalue weighted by Crippen LogP contribution is 1.90. The molecular formula is C11H26N2. The molecular weight excluding hydrogens is 160 g/mol. The second kappa shape index (κ2) is 11.9. The molecule has 0 saturated heterocycles. The molecule has 0 aliphatic rings. The summed E-state index contributed by atoms with van der Waals surface area (Å²) in [5.41, 5.74) is 0. The van der Waals surface area contributed by atoms with E-state index in [-0.39, 0.29) is 0 Å². The van der Waals surface area contributed by atoms with Gasteiger partial charge in [0.1, 0.15) is 0 Å². The summed E-state index contributed by atoms with van der Waals surface area (Å²) in [6.45, 7) is 9.06. The lowest BCUT2D eigenvalue weighted by molar-refractivity contribution is 0.572. The Hall–Kier alpha value is -0.0800. The van der Waals surface area contributed by atoms with Crippen LogP contribution in [0.2, 0.25) is 0 Å². The van der Waals surface area contributed by atoms with Crippen LogP contribution in [0.5, 0.6) is 0 Å². The Morgan fingerprint density at radius 1 is 0.615 bits per heavy atom. The molecule has 0 aliphatic heterocycles. The molecule has 0 rings (SSSR count). The molecule has 0 spiro atoms. The number of unbranched alkanes of at least 4 members (excludes halogenated alkanes) is 3. The lowest BCUT2D eigenvalue weighted by Crippen LogP contribution is -2.28. The van der Waals surface area contributed by atoms with Gasteiger partial charge in [0.05, 0.1) is 0 Å². The van der Waals surface area contributed by atoms with Crippen molar-refractivity contribution in [3.05, 3.63) is 0 Å². The van der Waals surface area contributed by atoms with Gasteiger partial charge < -0.3 is 10.6 Å². The average molecular weight is 186 g/mol. The van der Waals surface area contributed by atoms with Crippen LogP contribution < -0.4 is 10.6 Å². The first-order valence-electron chi connectivity index (χ1n) is 5.83. The molecule has 13 heavy (non-hydrogen) atoms. The summed E-state index contributed by atoms with van der Waals surface area (Å²) in [5.74, 6) is 0. The van der Waals surface area contributed by atoms with Gasteiger partial charge in [0.25, 0.3) is 0 Å². The molecule has 0 radical (unpaired) electrons. The van der Waals surface area contributed by atoms with Gasteiger partial charge in [-0.15, -0.1) is 0 Å². The van der Waals surface area contributed by atoms with Crippen molar-refractivity contribution in [2.75, 3.05) is 26.2 Å². The monoisotopic (exact) mass is 186 g/mol. The quantitative estimate of drug-likeness (QED) is 0.511. The number of hydrogen-bond donors (Lipinski definition) is 2. The summed E-state index contributed by atoms with van der Waals surface area (Å²) in [6.07, 6.45) is 6.59. The maximum Gasteiger partial charge on any atom is 0.00767 e. The Morgan fingerprint density at radius 2 is 1.15 bits per heavy atom. The van der Waals surface area contributed by atoms with Crippen LogP contribution in [0.15, 0.2) is 0 Å². The van der Waals surface area contributed by atoms with E-state index in [0.717, 1.165) is 13.1 Å². The minimum atomic E-state index is 1.12. The molecule has 0 atom stereocenters. The van der Waals surface area contributed by atoms with E-state index >= 15 is 0 Å². The highest BCUT2D eigenvalue weighted by Gasteiger charge is 1.87.